The maximum absolute atomic E-state index is 11.5. The molecule has 2 rings (SSSR count). The van der Waals surface area contributed by atoms with Crippen LogP contribution < -0.4 is 16.8 Å². The van der Waals surface area contributed by atoms with Gasteiger partial charge in [0.05, 0.1) is 16.3 Å². The predicted molar refractivity (Wildman–Crippen MR) is 87.5 cm³/mol. The summed E-state index contributed by atoms with van der Waals surface area (Å²) in [6.45, 7) is 2.66. The first-order valence-corrected chi connectivity index (χ1v) is 7.10. The fourth-order valence-electron chi connectivity index (χ4n) is 2.26. The molecule has 0 aliphatic heterocycles. The minimum absolute atomic E-state index is 0.300. The lowest BCUT2D eigenvalue weighted by Gasteiger charge is -2.14. The van der Waals surface area contributed by atoms with Gasteiger partial charge < -0.3 is 16.8 Å². The Kier molecular flexibility index (Phi) is 4.70. The lowest BCUT2D eigenvalue weighted by atomic mass is 10.0. The molecule has 0 atom stereocenters. The number of nitrogens with two attached hydrogens (primary N) is 2. The van der Waals surface area contributed by atoms with Crippen molar-refractivity contribution in [3.63, 3.8) is 0 Å². The monoisotopic (exact) mass is 303 g/mol. The molecule has 0 aliphatic carbocycles. The van der Waals surface area contributed by atoms with Crippen molar-refractivity contribution < 1.29 is 4.79 Å². The van der Waals surface area contributed by atoms with Crippen LogP contribution in [0.5, 0.6) is 0 Å². The van der Waals surface area contributed by atoms with Gasteiger partial charge in [0.2, 0.25) is 0 Å². The van der Waals surface area contributed by atoms with Crippen molar-refractivity contribution in [2.45, 2.75) is 19.9 Å². The highest BCUT2D eigenvalue weighted by Crippen LogP contribution is 2.29. The molecule has 1 amide bonds. The first-order chi connectivity index (χ1) is 10.0. The number of carbonyl (C=O) groups is 1. The van der Waals surface area contributed by atoms with Gasteiger partial charge >= 0.3 is 0 Å². The van der Waals surface area contributed by atoms with Crippen LogP contribution in [0.15, 0.2) is 36.4 Å². The number of aryl methyl sites for hydroxylation is 1. The summed E-state index contributed by atoms with van der Waals surface area (Å²) in [6.07, 6.45) is 0.940. The number of nitrogen functional groups attached to an aromatic ring is 1. The second kappa shape index (κ2) is 6.50. The van der Waals surface area contributed by atoms with Gasteiger partial charge in [-0.25, -0.2) is 0 Å². The molecule has 2 aromatic carbocycles. The average Bonchev–Trinajstić information content (AvgIpc) is 2.45. The Labute approximate surface area is 129 Å². The second-order valence-electron chi connectivity index (χ2n) is 4.77. The van der Waals surface area contributed by atoms with Crippen molar-refractivity contribution in [3.8, 4) is 0 Å². The molecule has 0 fully saturated rings. The molecule has 0 unspecified atom stereocenters. The number of benzene rings is 2. The molecule has 5 N–H and O–H groups in total. The van der Waals surface area contributed by atoms with Gasteiger partial charge in [-0.15, -0.1) is 0 Å². The standard InChI is InChI=1S/C16H18ClN3O/c1-2-10-5-3-4-6-11(10)9-20-15-13(16(19)21)7-12(18)8-14(15)17/h3-8,20H,2,9,18H2,1H3,(H2,19,21). The van der Waals surface area contributed by atoms with Gasteiger partial charge in [-0.1, -0.05) is 42.8 Å². The van der Waals surface area contributed by atoms with E-state index in [2.05, 4.69) is 18.3 Å². The second-order valence-corrected chi connectivity index (χ2v) is 5.17. The summed E-state index contributed by atoms with van der Waals surface area (Å²) in [6, 6.07) is 11.2. The third-order valence-corrected chi connectivity index (χ3v) is 3.63. The van der Waals surface area contributed by atoms with Crippen molar-refractivity contribution in [2.24, 2.45) is 5.73 Å². The SMILES string of the molecule is CCc1ccccc1CNc1c(Cl)cc(N)cc1C(N)=O. The number of amides is 1. The highest BCUT2D eigenvalue weighted by Gasteiger charge is 2.13. The van der Waals surface area contributed by atoms with Crippen molar-refractivity contribution in [2.75, 3.05) is 11.1 Å². The molecule has 21 heavy (non-hydrogen) atoms. The van der Waals surface area contributed by atoms with E-state index in [-0.39, 0.29) is 0 Å². The smallest absolute Gasteiger partial charge is 0.250 e. The minimum Gasteiger partial charge on any atom is -0.399 e. The first-order valence-electron chi connectivity index (χ1n) is 6.72. The molecular formula is C16H18ClN3O. The van der Waals surface area contributed by atoms with E-state index >= 15 is 0 Å². The van der Waals surface area contributed by atoms with Gasteiger partial charge in [-0.05, 0) is 29.7 Å². The Balaban J connectivity index is 2.30. The van der Waals surface area contributed by atoms with E-state index < -0.39 is 5.91 Å². The van der Waals surface area contributed by atoms with Crippen LogP contribution in [-0.4, -0.2) is 5.91 Å². The summed E-state index contributed by atoms with van der Waals surface area (Å²) in [5.41, 5.74) is 14.7. The lowest BCUT2D eigenvalue weighted by molar-refractivity contribution is 0.100. The molecule has 0 spiro atoms. The molecule has 0 saturated carbocycles. The van der Waals surface area contributed by atoms with Crippen LogP contribution in [0, 0.1) is 0 Å². The topological polar surface area (TPSA) is 81.1 Å². The summed E-state index contributed by atoms with van der Waals surface area (Å²) in [5.74, 6) is -0.560. The maximum atomic E-state index is 11.5. The third kappa shape index (κ3) is 3.47. The number of hydrogen-bond acceptors (Lipinski definition) is 3. The van der Waals surface area contributed by atoms with Crippen LogP contribution in [0.2, 0.25) is 5.02 Å². The van der Waals surface area contributed by atoms with E-state index in [1.165, 1.54) is 11.6 Å². The molecule has 0 saturated heterocycles. The number of halogens is 1. The number of carbonyl (C=O) groups excluding carboxylic acids is 1. The van der Waals surface area contributed by atoms with Gasteiger partial charge in [-0.3, -0.25) is 4.79 Å². The number of hydrogen-bond donors (Lipinski definition) is 3. The highest BCUT2D eigenvalue weighted by atomic mass is 35.5. The predicted octanol–water partition coefficient (Wildman–Crippen LogP) is 3.20. The Morgan fingerprint density at radius 1 is 1.24 bits per heavy atom. The van der Waals surface area contributed by atoms with Crippen LogP contribution >= 0.6 is 11.6 Å². The van der Waals surface area contributed by atoms with Crippen molar-refractivity contribution >= 4 is 28.9 Å². The van der Waals surface area contributed by atoms with Crippen molar-refractivity contribution in [1.82, 2.24) is 0 Å². The van der Waals surface area contributed by atoms with E-state index in [1.807, 2.05) is 18.2 Å². The zero-order valence-corrected chi connectivity index (χ0v) is 12.6. The summed E-state index contributed by atoms with van der Waals surface area (Å²) in [7, 11) is 0. The van der Waals surface area contributed by atoms with Crippen molar-refractivity contribution in [3.05, 3.63) is 58.1 Å². The lowest BCUT2D eigenvalue weighted by Crippen LogP contribution is -2.15. The molecule has 0 aliphatic rings. The minimum atomic E-state index is -0.560. The largest absolute Gasteiger partial charge is 0.399 e. The molecular weight excluding hydrogens is 286 g/mol. The Morgan fingerprint density at radius 3 is 2.52 bits per heavy atom. The normalized spacial score (nSPS) is 10.4. The summed E-state index contributed by atoms with van der Waals surface area (Å²) in [5, 5.41) is 3.58. The van der Waals surface area contributed by atoms with Crippen LogP contribution in [0.3, 0.4) is 0 Å². The zero-order valence-electron chi connectivity index (χ0n) is 11.8. The third-order valence-electron chi connectivity index (χ3n) is 3.33. The van der Waals surface area contributed by atoms with Gasteiger partial charge in [0.15, 0.2) is 0 Å². The van der Waals surface area contributed by atoms with Crippen molar-refractivity contribution in [1.29, 1.82) is 0 Å². The summed E-state index contributed by atoms with van der Waals surface area (Å²) in [4.78, 5) is 11.5. The van der Waals surface area contributed by atoms with E-state index in [0.29, 0.717) is 28.5 Å². The summed E-state index contributed by atoms with van der Waals surface area (Å²) < 4.78 is 0. The molecule has 2 aromatic rings. The number of rotatable bonds is 5. The summed E-state index contributed by atoms with van der Waals surface area (Å²) >= 11 is 6.17. The molecule has 5 heteroatoms. The fourth-order valence-corrected chi connectivity index (χ4v) is 2.55. The van der Waals surface area contributed by atoms with E-state index in [9.17, 15) is 4.79 Å². The Bertz CT molecular complexity index is 671. The van der Waals surface area contributed by atoms with Crippen LogP contribution in [0.25, 0.3) is 0 Å². The Hall–Kier alpha value is -2.20. The van der Waals surface area contributed by atoms with E-state index in [0.717, 1.165) is 12.0 Å². The van der Waals surface area contributed by atoms with Gasteiger partial charge in [0, 0.05) is 12.2 Å². The molecule has 110 valence electrons. The highest BCUT2D eigenvalue weighted by molar-refractivity contribution is 6.34. The van der Waals surface area contributed by atoms with Crippen LogP contribution in [-0.2, 0) is 13.0 Å². The first kappa shape index (κ1) is 15.2. The van der Waals surface area contributed by atoms with Crippen LogP contribution in [0.1, 0.15) is 28.4 Å². The van der Waals surface area contributed by atoms with Crippen LogP contribution in [0.4, 0.5) is 11.4 Å². The van der Waals surface area contributed by atoms with E-state index in [1.54, 1.807) is 6.07 Å². The Morgan fingerprint density at radius 2 is 1.90 bits per heavy atom. The quantitative estimate of drug-likeness (QED) is 0.742. The molecule has 0 bridgehead atoms. The van der Waals surface area contributed by atoms with Gasteiger partial charge in [0.1, 0.15) is 0 Å². The van der Waals surface area contributed by atoms with Gasteiger partial charge in [-0.2, -0.15) is 0 Å². The molecule has 4 nitrogen and oxygen atoms in total. The number of primary amides is 1. The van der Waals surface area contributed by atoms with Gasteiger partial charge in [0.25, 0.3) is 5.91 Å². The number of nitrogens with one attached hydrogen (secondary N) is 1. The average molecular weight is 304 g/mol. The number of anilines is 2. The fraction of sp³-hybridized carbons (Fsp3) is 0.188. The zero-order chi connectivity index (χ0) is 15.4. The maximum Gasteiger partial charge on any atom is 0.250 e. The molecule has 0 aromatic heterocycles. The van der Waals surface area contributed by atoms with E-state index in [4.69, 9.17) is 23.1 Å². The molecule has 0 radical (unpaired) electrons. The molecule has 0 heterocycles.